The Kier molecular flexibility index (Phi) is 6.62. The van der Waals surface area contributed by atoms with Crippen LogP contribution in [0.25, 0.3) is 0 Å². The van der Waals surface area contributed by atoms with Gasteiger partial charge in [0.2, 0.25) is 5.91 Å². The zero-order valence-corrected chi connectivity index (χ0v) is 13.2. The molecule has 0 fully saturated rings. The van der Waals surface area contributed by atoms with Crippen molar-refractivity contribution >= 4 is 17.8 Å². The molecule has 7 heteroatoms. The third-order valence-corrected chi connectivity index (χ3v) is 3.03. The zero-order valence-electron chi connectivity index (χ0n) is 13.2. The average Bonchev–Trinajstić information content (AvgIpc) is 2.99. The fraction of sp³-hybridized carbons (Fsp3) is 0.533. The third kappa shape index (κ3) is 5.23. The standard InChI is InChI=1S/C15H22N2O5/c1-9(2)7-12(15(20)21-4)17-13(18)10(3)16-14(19)11-5-6-22-8-11/h5-6,8-10,12H,7H2,1-4H3,(H,16,19)(H,17,18)/t10-,12+/m0/s1. The molecule has 1 aromatic heterocycles. The number of methoxy groups -OCH3 is 1. The molecule has 2 N–H and O–H groups in total. The number of ether oxygens (including phenoxy) is 1. The Labute approximate surface area is 129 Å². The van der Waals surface area contributed by atoms with Gasteiger partial charge in [-0.15, -0.1) is 0 Å². The summed E-state index contributed by atoms with van der Waals surface area (Å²) < 4.78 is 9.49. The Morgan fingerprint density at radius 1 is 1.23 bits per heavy atom. The van der Waals surface area contributed by atoms with Crippen molar-refractivity contribution in [3.05, 3.63) is 24.2 Å². The van der Waals surface area contributed by atoms with Crippen molar-refractivity contribution in [2.45, 2.75) is 39.3 Å². The molecule has 0 aliphatic carbocycles. The summed E-state index contributed by atoms with van der Waals surface area (Å²) in [4.78, 5) is 35.6. The minimum atomic E-state index is -0.790. The number of nitrogens with one attached hydrogen (secondary N) is 2. The summed E-state index contributed by atoms with van der Waals surface area (Å²) in [5.74, 6) is -1.17. The number of hydrogen-bond acceptors (Lipinski definition) is 5. The fourth-order valence-electron chi connectivity index (χ4n) is 1.86. The summed E-state index contributed by atoms with van der Waals surface area (Å²) in [6, 6.07) is -0.0248. The lowest BCUT2D eigenvalue weighted by Gasteiger charge is -2.21. The molecule has 0 aliphatic heterocycles. The molecule has 2 amide bonds. The molecule has 122 valence electrons. The molecule has 0 radical (unpaired) electrons. The van der Waals surface area contributed by atoms with Crippen molar-refractivity contribution in [1.82, 2.24) is 10.6 Å². The van der Waals surface area contributed by atoms with Gasteiger partial charge in [0, 0.05) is 0 Å². The number of carbonyl (C=O) groups is 3. The Hall–Kier alpha value is -2.31. The van der Waals surface area contributed by atoms with Crippen LogP contribution in [-0.4, -0.2) is 37.0 Å². The van der Waals surface area contributed by atoms with Gasteiger partial charge in [0.05, 0.1) is 18.9 Å². The van der Waals surface area contributed by atoms with Crippen molar-refractivity contribution in [3.63, 3.8) is 0 Å². The highest BCUT2D eigenvalue weighted by atomic mass is 16.5. The van der Waals surface area contributed by atoms with Gasteiger partial charge in [0.1, 0.15) is 18.3 Å². The number of hydrogen-bond donors (Lipinski definition) is 2. The van der Waals surface area contributed by atoms with Crippen LogP contribution in [0.1, 0.15) is 37.6 Å². The van der Waals surface area contributed by atoms with E-state index in [2.05, 4.69) is 15.4 Å². The number of amides is 2. The Bertz CT molecular complexity index is 510. The van der Waals surface area contributed by atoms with Crippen LogP contribution in [-0.2, 0) is 14.3 Å². The molecule has 0 aromatic carbocycles. The van der Waals surface area contributed by atoms with Gasteiger partial charge in [-0.25, -0.2) is 4.79 Å². The van der Waals surface area contributed by atoms with Crippen LogP contribution in [0.4, 0.5) is 0 Å². The minimum Gasteiger partial charge on any atom is -0.472 e. The van der Waals surface area contributed by atoms with Crippen LogP contribution in [0.2, 0.25) is 0 Å². The topological polar surface area (TPSA) is 97.6 Å². The average molecular weight is 310 g/mol. The van der Waals surface area contributed by atoms with Crippen molar-refractivity contribution in [1.29, 1.82) is 0 Å². The van der Waals surface area contributed by atoms with Crippen LogP contribution >= 0.6 is 0 Å². The highest BCUT2D eigenvalue weighted by Crippen LogP contribution is 2.07. The van der Waals surface area contributed by atoms with E-state index < -0.39 is 29.9 Å². The van der Waals surface area contributed by atoms with E-state index in [9.17, 15) is 14.4 Å². The number of rotatable bonds is 7. The van der Waals surface area contributed by atoms with Crippen molar-refractivity contribution in [2.24, 2.45) is 5.92 Å². The van der Waals surface area contributed by atoms with E-state index in [1.54, 1.807) is 0 Å². The maximum absolute atomic E-state index is 12.1. The van der Waals surface area contributed by atoms with E-state index in [0.717, 1.165) is 0 Å². The predicted molar refractivity (Wildman–Crippen MR) is 79.0 cm³/mol. The zero-order chi connectivity index (χ0) is 16.7. The predicted octanol–water partition coefficient (Wildman–Crippen LogP) is 1.10. The van der Waals surface area contributed by atoms with Crippen LogP contribution in [0.3, 0.4) is 0 Å². The van der Waals surface area contributed by atoms with E-state index in [0.29, 0.717) is 12.0 Å². The summed E-state index contributed by atoms with van der Waals surface area (Å²) >= 11 is 0. The van der Waals surface area contributed by atoms with E-state index in [4.69, 9.17) is 4.42 Å². The Balaban J connectivity index is 2.60. The third-order valence-electron chi connectivity index (χ3n) is 3.03. The molecule has 1 aromatic rings. The van der Waals surface area contributed by atoms with Gasteiger partial charge in [-0.1, -0.05) is 13.8 Å². The molecule has 7 nitrogen and oxygen atoms in total. The summed E-state index contributed by atoms with van der Waals surface area (Å²) in [6.45, 7) is 5.41. The first-order chi connectivity index (χ1) is 10.3. The van der Waals surface area contributed by atoms with Crippen LogP contribution in [0.15, 0.2) is 23.0 Å². The molecular weight excluding hydrogens is 288 g/mol. The highest BCUT2D eigenvalue weighted by molar-refractivity contribution is 5.97. The van der Waals surface area contributed by atoms with Gasteiger partial charge >= 0.3 is 5.97 Å². The highest BCUT2D eigenvalue weighted by Gasteiger charge is 2.25. The molecule has 0 bridgehead atoms. The molecule has 0 spiro atoms. The smallest absolute Gasteiger partial charge is 0.328 e. The molecule has 22 heavy (non-hydrogen) atoms. The van der Waals surface area contributed by atoms with Gasteiger partial charge in [0.25, 0.3) is 5.91 Å². The van der Waals surface area contributed by atoms with Gasteiger partial charge in [-0.2, -0.15) is 0 Å². The first kappa shape index (κ1) is 17.7. The van der Waals surface area contributed by atoms with E-state index in [-0.39, 0.29) is 5.92 Å². The second kappa shape index (κ2) is 8.21. The van der Waals surface area contributed by atoms with Gasteiger partial charge in [0.15, 0.2) is 0 Å². The minimum absolute atomic E-state index is 0.209. The van der Waals surface area contributed by atoms with Crippen molar-refractivity contribution < 1.29 is 23.5 Å². The molecule has 2 atom stereocenters. The summed E-state index contributed by atoms with van der Waals surface area (Å²) in [5, 5.41) is 5.13. The van der Waals surface area contributed by atoms with Gasteiger partial charge < -0.3 is 19.8 Å². The summed E-state index contributed by atoms with van der Waals surface area (Å²) in [6.07, 6.45) is 3.12. The molecule has 1 rings (SSSR count). The summed E-state index contributed by atoms with van der Waals surface area (Å²) in [7, 11) is 1.27. The normalized spacial score (nSPS) is 13.3. The molecule has 1 heterocycles. The number of furan rings is 1. The molecule has 0 aliphatic rings. The van der Waals surface area contributed by atoms with E-state index in [1.165, 1.54) is 32.6 Å². The Morgan fingerprint density at radius 2 is 1.91 bits per heavy atom. The van der Waals surface area contributed by atoms with E-state index >= 15 is 0 Å². The molecule has 0 saturated carbocycles. The Morgan fingerprint density at radius 3 is 2.41 bits per heavy atom. The van der Waals surface area contributed by atoms with Crippen LogP contribution in [0, 0.1) is 5.92 Å². The first-order valence-corrected chi connectivity index (χ1v) is 7.06. The monoisotopic (exact) mass is 310 g/mol. The maximum atomic E-state index is 12.1. The second-order valence-corrected chi connectivity index (χ2v) is 5.42. The lowest BCUT2D eigenvalue weighted by Crippen LogP contribution is -2.50. The maximum Gasteiger partial charge on any atom is 0.328 e. The largest absolute Gasteiger partial charge is 0.472 e. The lowest BCUT2D eigenvalue weighted by molar-refractivity contribution is -0.145. The molecular formula is C15H22N2O5. The fourth-order valence-corrected chi connectivity index (χ4v) is 1.86. The molecule has 0 saturated heterocycles. The summed E-state index contributed by atoms with van der Waals surface area (Å²) in [5.41, 5.74) is 0.325. The van der Waals surface area contributed by atoms with Crippen LogP contribution in [0.5, 0.6) is 0 Å². The number of esters is 1. The second-order valence-electron chi connectivity index (χ2n) is 5.42. The van der Waals surface area contributed by atoms with Crippen molar-refractivity contribution in [3.8, 4) is 0 Å². The van der Waals surface area contributed by atoms with Crippen molar-refractivity contribution in [2.75, 3.05) is 7.11 Å². The van der Waals surface area contributed by atoms with Crippen LogP contribution < -0.4 is 10.6 Å². The number of carbonyl (C=O) groups excluding carboxylic acids is 3. The van der Waals surface area contributed by atoms with Gasteiger partial charge in [-0.3, -0.25) is 9.59 Å². The quantitative estimate of drug-likeness (QED) is 0.735. The molecule has 0 unspecified atom stereocenters. The van der Waals surface area contributed by atoms with E-state index in [1.807, 2.05) is 13.8 Å². The first-order valence-electron chi connectivity index (χ1n) is 7.06. The van der Waals surface area contributed by atoms with Gasteiger partial charge in [-0.05, 0) is 25.3 Å². The lowest BCUT2D eigenvalue weighted by atomic mass is 10.0. The SMILES string of the molecule is COC(=O)[C@@H](CC(C)C)NC(=O)[C@H](C)NC(=O)c1ccoc1.